The van der Waals surface area contributed by atoms with Crippen LogP contribution >= 0.6 is 11.6 Å². The summed E-state index contributed by atoms with van der Waals surface area (Å²) in [5.74, 6) is 1.54. The minimum Gasteiger partial charge on any atom is -0.448 e. The Balaban J connectivity index is 1.67. The predicted octanol–water partition coefficient (Wildman–Crippen LogP) is 2.06. The summed E-state index contributed by atoms with van der Waals surface area (Å²) < 4.78 is 10.5. The molecule has 1 N–H and O–H groups in total. The fourth-order valence-corrected chi connectivity index (χ4v) is 1.75. The van der Waals surface area contributed by atoms with E-state index in [1.807, 2.05) is 6.07 Å². The second-order valence-electron chi connectivity index (χ2n) is 3.57. The molecule has 0 aromatic carbocycles. The number of halogens is 1. The molecule has 0 saturated carbocycles. The van der Waals surface area contributed by atoms with Gasteiger partial charge in [0.25, 0.3) is 0 Å². The van der Waals surface area contributed by atoms with Gasteiger partial charge in [0.1, 0.15) is 5.76 Å². The summed E-state index contributed by atoms with van der Waals surface area (Å²) in [5, 5.41) is 3.77. The van der Waals surface area contributed by atoms with E-state index in [-0.39, 0.29) is 0 Å². The fourth-order valence-electron chi connectivity index (χ4n) is 1.59. The van der Waals surface area contributed by atoms with E-state index in [2.05, 4.69) is 5.32 Å². The first-order valence-electron chi connectivity index (χ1n) is 4.87. The maximum atomic E-state index is 5.65. The zero-order valence-electron chi connectivity index (χ0n) is 7.96. The Morgan fingerprint density at radius 3 is 3.07 bits per heavy atom. The van der Waals surface area contributed by atoms with E-state index >= 15 is 0 Å². The first-order chi connectivity index (χ1) is 6.84. The Morgan fingerprint density at radius 1 is 1.50 bits per heavy atom. The van der Waals surface area contributed by atoms with Crippen molar-refractivity contribution in [1.29, 1.82) is 0 Å². The van der Waals surface area contributed by atoms with Crippen LogP contribution < -0.4 is 5.32 Å². The van der Waals surface area contributed by atoms with E-state index in [1.165, 1.54) is 0 Å². The zero-order valence-corrected chi connectivity index (χ0v) is 8.72. The Kier molecular flexibility index (Phi) is 3.45. The molecule has 0 spiro atoms. The molecule has 1 unspecified atom stereocenters. The van der Waals surface area contributed by atoms with Crippen molar-refractivity contribution in [2.24, 2.45) is 5.92 Å². The van der Waals surface area contributed by atoms with E-state index in [0.29, 0.717) is 11.1 Å². The Morgan fingerprint density at radius 2 is 2.43 bits per heavy atom. The van der Waals surface area contributed by atoms with E-state index < -0.39 is 0 Å². The fraction of sp³-hybridized carbons (Fsp3) is 0.600. The summed E-state index contributed by atoms with van der Waals surface area (Å²) >= 11 is 5.65. The van der Waals surface area contributed by atoms with Crippen LogP contribution in [0.25, 0.3) is 0 Å². The number of rotatable bonds is 4. The van der Waals surface area contributed by atoms with E-state index in [1.54, 1.807) is 6.07 Å². The Hall–Kier alpha value is -0.510. The molecule has 2 heterocycles. The molecule has 1 aliphatic rings. The molecule has 1 aromatic rings. The molecule has 14 heavy (non-hydrogen) atoms. The third-order valence-electron chi connectivity index (χ3n) is 2.39. The van der Waals surface area contributed by atoms with Gasteiger partial charge in [0, 0.05) is 13.2 Å². The molecule has 1 atom stereocenters. The monoisotopic (exact) mass is 215 g/mol. The first kappa shape index (κ1) is 10.0. The molecule has 3 nitrogen and oxygen atoms in total. The first-order valence-corrected chi connectivity index (χ1v) is 5.25. The van der Waals surface area contributed by atoms with E-state index in [4.69, 9.17) is 20.8 Å². The molecule has 0 radical (unpaired) electrons. The smallest absolute Gasteiger partial charge is 0.193 e. The predicted molar refractivity (Wildman–Crippen MR) is 54.4 cm³/mol. The standard InChI is InChI=1S/C10H14ClNO2/c11-10-2-1-9(14-10)6-12-5-8-3-4-13-7-8/h1-2,8,12H,3-7H2. The molecule has 1 aromatic heterocycles. The van der Waals surface area contributed by atoms with Gasteiger partial charge in [0.15, 0.2) is 5.22 Å². The second-order valence-corrected chi connectivity index (χ2v) is 3.94. The molecule has 0 bridgehead atoms. The van der Waals surface area contributed by atoms with Gasteiger partial charge in [-0.25, -0.2) is 0 Å². The van der Waals surface area contributed by atoms with Crippen molar-refractivity contribution >= 4 is 11.6 Å². The molecule has 2 rings (SSSR count). The lowest BCUT2D eigenvalue weighted by molar-refractivity contribution is 0.185. The molecule has 0 aliphatic carbocycles. The van der Waals surface area contributed by atoms with Crippen LogP contribution in [0, 0.1) is 5.92 Å². The number of furan rings is 1. The normalized spacial score (nSPS) is 21.6. The summed E-state index contributed by atoms with van der Waals surface area (Å²) in [6.07, 6.45) is 1.16. The van der Waals surface area contributed by atoms with E-state index in [0.717, 1.165) is 38.5 Å². The number of ether oxygens (including phenoxy) is 1. The zero-order chi connectivity index (χ0) is 9.80. The minimum atomic E-state index is 0.450. The van der Waals surface area contributed by atoms with Crippen LogP contribution in [0.4, 0.5) is 0 Å². The van der Waals surface area contributed by atoms with Crippen molar-refractivity contribution in [1.82, 2.24) is 5.32 Å². The summed E-state index contributed by atoms with van der Waals surface area (Å²) in [7, 11) is 0. The van der Waals surface area contributed by atoms with Crippen molar-refractivity contribution in [3.05, 3.63) is 23.1 Å². The van der Waals surface area contributed by atoms with Crippen molar-refractivity contribution in [3.63, 3.8) is 0 Å². The molecule has 1 saturated heterocycles. The van der Waals surface area contributed by atoms with Gasteiger partial charge >= 0.3 is 0 Å². The highest BCUT2D eigenvalue weighted by molar-refractivity contribution is 6.28. The van der Waals surface area contributed by atoms with Crippen LogP contribution in [0.5, 0.6) is 0 Å². The molecule has 0 amide bonds. The molecule has 1 aliphatic heterocycles. The summed E-state index contributed by atoms with van der Waals surface area (Å²) in [6.45, 7) is 3.51. The highest BCUT2D eigenvalue weighted by Gasteiger charge is 2.14. The molecule has 78 valence electrons. The maximum Gasteiger partial charge on any atom is 0.193 e. The summed E-state index contributed by atoms with van der Waals surface area (Å²) in [5.41, 5.74) is 0. The lowest BCUT2D eigenvalue weighted by Crippen LogP contribution is -2.22. The van der Waals surface area contributed by atoms with Crippen LogP contribution in [0.2, 0.25) is 5.22 Å². The number of nitrogens with one attached hydrogen (secondary N) is 1. The molecular formula is C10H14ClNO2. The van der Waals surface area contributed by atoms with Gasteiger partial charge < -0.3 is 14.5 Å². The van der Waals surface area contributed by atoms with Crippen molar-refractivity contribution < 1.29 is 9.15 Å². The third kappa shape index (κ3) is 2.74. The van der Waals surface area contributed by atoms with Gasteiger partial charge in [-0.15, -0.1) is 0 Å². The lowest BCUT2D eigenvalue weighted by atomic mass is 10.1. The van der Waals surface area contributed by atoms with E-state index in [9.17, 15) is 0 Å². The Labute approximate surface area is 88.4 Å². The van der Waals surface area contributed by atoms with Crippen LogP contribution in [0.3, 0.4) is 0 Å². The largest absolute Gasteiger partial charge is 0.448 e. The number of hydrogen-bond acceptors (Lipinski definition) is 3. The molecule has 1 fully saturated rings. The van der Waals surface area contributed by atoms with Crippen molar-refractivity contribution in [2.45, 2.75) is 13.0 Å². The highest BCUT2D eigenvalue weighted by atomic mass is 35.5. The second kappa shape index (κ2) is 4.82. The Bertz CT molecular complexity index is 281. The van der Waals surface area contributed by atoms with Gasteiger partial charge in [0.05, 0.1) is 13.2 Å². The molecular weight excluding hydrogens is 202 g/mol. The van der Waals surface area contributed by atoms with Crippen LogP contribution in [0.15, 0.2) is 16.5 Å². The van der Waals surface area contributed by atoms with Crippen molar-refractivity contribution in [2.75, 3.05) is 19.8 Å². The average molecular weight is 216 g/mol. The van der Waals surface area contributed by atoms with Gasteiger partial charge in [0.2, 0.25) is 0 Å². The van der Waals surface area contributed by atoms with Gasteiger partial charge in [-0.05, 0) is 36.1 Å². The van der Waals surface area contributed by atoms with Crippen LogP contribution in [-0.4, -0.2) is 19.8 Å². The van der Waals surface area contributed by atoms with Gasteiger partial charge in [-0.3, -0.25) is 0 Å². The highest BCUT2D eigenvalue weighted by Crippen LogP contribution is 2.14. The third-order valence-corrected chi connectivity index (χ3v) is 2.59. The topological polar surface area (TPSA) is 34.4 Å². The summed E-state index contributed by atoms with van der Waals surface area (Å²) in [4.78, 5) is 0. The van der Waals surface area contributed by atoms with Gasteiger partial charge in [-0.2, -0.15) is 0 Å². The summed E-state index contributed by atoms with van der Waals surface area (Å²) in [6, 6.07) is 3.65. The lowest BCUT2D eigenvalue weighted by Gasteiger charge is -2.07. The SMILES string of the molecule is Clc1ccc(CNCC2CCOC2)o1. The van der Waals surface area contributed by atoms with Crippen molar-refractivity contribution in [3.8, 4) is 0 Å². The maximum absolute atomic E-state index is 5.65. The number of hydrogen-bond donors (Lipinski definition) is 1. The van der Waals surface area contributed by atoms with Gasteiger partial charge in [-0.1, -0.05) is 0 Å². The molecule has 4 heteroatoms. The quantitative estimate of drug-likeness (QED) is 0.835. The van der Waals surface area contributed by atoms with Crippen LogP contribution in [0.1, 0.15) is 12.2 Å². The average Bonchev–Trinajstić information content (AvgIpc) is 2.77. The minimum absolute atomic E-state index is 0.450. The van der Waals surface area contributed by atoms with Crippen LogP contribution in [-0.2, 0) is 11.3 Å².